The standard InChI is InChI=1S/C24H34N4O4/c1-4-31-22-9-8-20(17-23(22)29-3)27-24(25-2)26-18-19-6-5-7-21(16-19)32-15-12-28-10-13-30-14-11-28/h5-9,16-17H,4,10-15,18H2,1-3H3,(H2,25,26,27). The Morgan fingerprint density at radius 1 is 1.09 bits per heavy atom. The monoisotopic (exact) mass is 442 g/mol. The van der Waals surface area contributed by atoms with Gasteiger partial charge in [-0.1, -0.05) is 12.1 Å². The Morgan fingerprint density at radius 3 is 2.69 bits per heavy atom. The molecule has 8 nitrogen and oxygen atoms in total. The van der Waals surface area contributed by atoms with Gasteiger partial charge < -0.3 is 29.6 Å². The first kappa shape index (κ1) is 23.7. The summed E-state index contributed by atoms with van der Waals surface area (Å²) in [4.78, 5) is 6.67. The quantitative estimate of drug-likeness (QED) is 0.433. The van der Waals surface area contributed by atoms with E-state index in [9.17, 15) is 0 Å². The van der Waals surface area contributed by atoms with Crippen LogP contribution in [-0.4, -0.2) is 71.1 Å². The van der Waals surface area contributed by atoms with Crippen LogP contribution in [0.25, 0.3) is 0 Å². The second-order valence-electron chi connectivity index (χ2n) is 7.30. The Bertz CT molecular complexity index is 869. The maximum Gasteiger partial charge on any atom is 0.195 e. The number of nitrogens with zero attached hydrogens (tertiary/aromatic N) is 2. The molecule has 3 rings (SSSR count). The van der Waals surface area contributed by atoms with Crippen LogP contribution in [0.4, 0.5) is 5.69 Å². The summed E-state index contributed by atoms with van der Waals surface area (Å²) in [5.74, 6) is 2.93. The van der Waals surface area contributed by atoms with Gasteiger partial charge in [0, 0.05) is 45.0 Å². The molecule has 0 aromatic heterocycles. The van der Waals surface area contributed by atoms with E-state index in [1.54, 1.807) is 14.2 Å². The zero-order valence-corrected chi connectivity index (χ0v) is 19.2. The van der Waals surface area contributed by atoms with E-state index in [1.807, 2.05) is 37.3 Å². The molecule has 0 aliphatic carbocycles. The highest BCUT2D eigenvalue weighted by Gasteiger charge is 2.10. The second kappa shape index (κ2) is 12.8. The highest BCUT2D eigenvalue weighted by Crippen LogP contribution is 2.30. The van der Waals surface area contributed by atoms with Gasteiger partial charge in [-0.15, -0.1) is 0 Å². The molecule has 0 bridgehead atoms. The van der Waals surface area contributed by atoms with Crippen molar-refractivity contribution >= 4 is 11.6 Å². The predicted octanol–water partition coefficient (Wildman–Crippen LogP) is 2.99. The van der Waals surface area contributed by atoms with Crippen LogP contribution in [0.3, 0.4) is 0 Å². The molecule has 1 fully saturated rings. The molecule has 0 spiro atoms. The second-order valence-corrected chi connectivity index (χ2v) is 7.30. The van der Waals surface area contributed by atoms with E-state index in [0.717, 1.165) is 49.8 Å². The fourth-order valence-electron chi connectivity index (χ4n) is 3.38. The molecule has 2 aromatic rings. The van der Waals surface area contributed by atoms with E-state index in [4.69, 9.17) is 18.9 Å². The average molecular weight is 443 g/mol. The fraction of sp³-hybridized carbons (Fsp3) is 0.458. The van der Waals surface area contributed by atoms with Crippen molar-refractivity contribution in [1.29, 1.82) is 0 Å². The minimum absolute atomic E-state index is 0.586. The van der Waals surface area contributed by atoms with Crippen LogP contribution in [0, 0.1) is 0 Å². The third-order valence-corrected chi connectivity index (χ3v) is 5.09. The molecule has 1 aliphatic rings. The molecule has 0 radical (unpaired) electrons. The number of hydrogen-bond donors (Lipinski definition) is 2. The summed E-state index contributed by atoms with van der Waals surface area (Å²) in [6.45, 7) is 8.28. The molecule has 0 saturated carbocycles. The van der Waals surface area contributed by atoms with Gasteiger partial charge in [-0.3, -0.25) is 9.89 Å². The van der Waals surface area contributed by atoms with Crippen molar-refractivity contribution in [3.8, 4) is 17.2 Å². The number of ether oxygens (including phenoxy) is 4. The molecule has 1 heterocycles. The zero-order chi connectivity index (χ0) is 22.6. The van der Waals surface area contributed by atoms with Crippen LogP contribution < -0.4 is 24.8 Å². The molecule has 0 amide bonds. The molecule has 2 aromatic carbocycles. The topological polar surface area (TPSA) is 76.6 Å². The molecule has 1 aliphatic heterocycles. The summed E-state index contributed by atoms with van der Waals surface area (Å²) in [7, 11) is 3.37. The Hall–Kier alpha value is -2.97. The van der Waals surface area contributed by atoms with Gasteiger partial charge in [-0.05, 0) is 36.8 Å². The van der Waals surface area contributed by atoms with Gasteiger partial charge in [0.15, 0.2) is 17.5 Å². The number of aliphatic imine (C=N–C) groups is 1. The number of hydrogen-bond acceptors (Lipinski definition) is 6. The summed E-state index contributed by atoms with van der Waals surface area (Å²) in [5, 5.41) is 6.62. The van der Waals surface area contributed by atoms with E-state index in [1.165, 1.54) is 0 Å². The van der Waals surface area contributed by atoms with Crippen LogP contribution in [0.2, 0.25) is 0 Å². The van der Waals surface area contributed by atoms with E-state index >= 15 is 0 Å². The lowest BCUT2D eigenvalue weighted by molar-refractivity contribution is 0.0322. The van der Waals surface area contributed by atoms with Gasteiger partial charge in [-0.2, -0.15) is 0 Å². The Balaban J connectivity index is 1.49. The molecular formula is C24H34N4O4. The van der Waals surface area contributed by atoms with Crippen molar-refractivity contribution in [3.05, 3.63) is 48.0 Å². The van der Waals surface area contributed by atoms with Crippen molar-refractivity contribution in [3.63, 3.8) is 0 Å². The Labute approximate surface area is 190 Å². The summed E-state index contributed by atoms with van der Waals surface area (Å²) in [6, 6.07) is 13.8. The maximum absolute atomic E-state index is 5.95. The van der Waals surface area contributed by atoms with Crippen LogP contribution in [0.1, 0.15) is 12.5 Å². The summed E-state index contributed by atoms with van der Waals surface area (Å²) >= 11 is 0. The third kappa shape index (κ3) is 7.32. The van der Waals surface area contributed by atoms with Gasteiger partial charge in [-0.25, -0.2) is 0 Å². The fourth-order valence-corrected chi connectivity index (χ4v) is 3.38. The van der Waals surface area contributed by atoms with E-state index in [2.05, 4.69) is 32.7 Å². The first-order valence-corrected chi connectivity index (χ1v) is 11.0. The smallest absolute Gasteiger partial charge is 0.195 e. The SMILES string of the molecule is CCOc1ccc(NC(=NC)NCc2cccc(OCCN3CCOCC3)c2)cc1OC. The Kier molecular flexibility index (Phi) is 9.46. The van der Waals surface area contributed by atoms with Crippen LogP contribution >= 0.6 is 0 Å². The lowest BCUT2D eigenvalue weighted by Crippen LogP contribution is -2.38. The van der Waals surface area contributed by atoms with Crippen molar-refractivity contribution in [2.75, 3.05) is 65.5 Å². The summed E-state index contributed by atoms with van der Waals surface area (Å²) < 4.78 is 22.3. The van der Waals surface area contributed by atoms with E-state index in [0.29, 0.717) is 37.2 Å². The van der Waals surface area contributed by atoms with E-state index < -0.39 is 0 Å². The molecular weight excluding hydrogens is 408 g/mol. The van der Waals surface area contributed by atoms with Gasteiger partial charge in [0.1, 0.15) is 12.4 Å². The largest absolute Gasteiger partial charge is 0.493 e. The third-order valence-electron chi connectivity index (χ3n) is 5.09. The van der Waals surface area contributed by atoms with Gasteiger partial charge in [0.2, 0.25) is 0 Å². The Morgan fingerprint density at radius 2 is 1.94 bits per heavy atom. The van der Waals surface area contributed by atoms with Crippen LogP contribution in [-0.2, 0) is 11.3 Å². The minimum Gasteiger partial charge on any atom is -0.493 e. The van der Waals surface area contributed by atoms with Gasteiger partial charge >= 0.3 is 0 Å². The highest BCUT2D eigenvalue weighted by atomic mass is 16.5. The molecule has 2 N–H and O–H groups in total. The van der Waals surface area contributed by atoms with Crippen molar-refractivity contribution in [1.82, 2.24) is 10.2 Å². The van der Waals surface area contributed by atoms with Crippen molar-refractivity contribution < 1.29 is 18.9 Å². The molecule has 1 saturated heterocycles. The first-order valence-electron chi connectivity index (χ1n) is 11.0. The number of morpholine rings is 1. The molecule has 8 heteroatoms. The van der Waals surface area contributed by atoms with Crippen molar-refractivity contribution in [2.24, 2.45) is 4.99 Å². The van der Waals surface area contributed by atoms with E-state index in [-0.39, 0.29) is 0 Å². The molecule has 174 valence electrons. The highest BCUT2D eigenvalue weighted by molar-refractivity contribution is 5.93. The maximum atomic E-state index is 5.95. The minimum atomic E-state index is 0.586. The number of methoxy groups -OCH3 is 1. The predicted molar refractivity (Wildman–Crippen MR) is 127 cm³/mol. The average Bonchev–Trinajstić information content (AvgIpc) is 2.83. The number of nitrogens with one attached hydrogen (secondary N) is 2. The number of rotatable bonds is 10. The normalized spacial score (nSPS) is 14.7. The van der Waals surface area contributed by atoms with Gasteiger partial charge in [0.25, 0.3) is 0 Å². The molecule has 0 atom stereocenters. The lowest BCUT2D eigenvalue weighted by atomic mass is 10.2. The van der Waals surface area contributed by atoms with Gasteiger partial charge in [0.05, 0.1) is 26.9 Å². The van der Waals surface area contributed by atoms with Crippen LogP contribution in [0.15, 0.2) is 47.5 Å². The first-order chi connectivity index (χ1) is 15.7. The van der Waals surface area contributed by atoms with Crippen molar-refractivity contribution in [2.45, 2.75) is 13.5 Å². The number of guanidine groups is 1. The molecule has 32 heavy (non-hydrogen) atoms. The number of anilines is 1. The molecule has 0 unspecified atom stereocenters. The number of benzene rings is 2. The zero-order valence-electron chi connectivity index (χ0n) is 19.2. The van der Waals surface area contributed by atoms with Crippen LogP contribution in [0.5, 0.6) is 17.2 Å². The summed E-state index contributed by atoms with van der Waals surface area (Å²) in [6.07, 6.45) is 0. The lowest BCUT2D eigenvalue weighted by Gasteiger charge is -2.26. The summed E-state index contributed by atoms with van der Waals surface area (Å²) in [5.41, 5.74) is 1.97.